The summed E-state index contributed by atoms with van der Waals surface area (Å²) in [6.45, 7) is 0. The molecule has 2 aromatic heterocycles. The zero-order chi connectivity index (χ0) is 15.1. The van der Waals surface area contributed by atoms with E-state index in [1.807, 2.05) is 36.4 Å². The van der Waals surface area contributed by atoms with Crippen molar-refractivity contribution >= 4 is 33.5 Å². The molecule has 0 aliphatic carbocycles. The van der Waals surface area contributed by atoms with Gasteiger partial charge in [0.1, 0.15) is 16.8 Å². The van der Waals surface area contributed by atoms with Crippen molar-refractivity contribution in [3.8, 4) is 16.9 Å². The summed E-state index contributed by atoms with van der Waals surface area (Å²) in [5, 5.41) is 1.43. The lowest BCUT2D eigenvalue weighted by atomic mass is 10.00. The number of imidazole rings is 1. The summed E-state index contributed by atoms with van der Waals surface area (Å²) >= 11 is 6.22. The monoisotopic (exact) mass is 309 g/mol. The molecule has 108 valence electrons. The van der Waals surface area contributed by atoms with E-state index in [0.717, 1.165) is 38.8 Å². The zero-order valence-electron chi connectivity index (χ0n) is 11.8. The molecule has 0 aliphatic heterocycles. The van der Waals surface area contributed by atoms with Crippen LogP contribution in [-0.2, 0) is 0 Å². The third kappa shape index (κ3) is 1.92. The Morgan fingerprint density at radius 2 is 1.91 bits per heavy atom. The highest BCUT2D eigenvalue weighted by Crippen LogP contribution is 2.34. The number of pyridine rings is 1. The Balaban J connectivity index is 2.06. The number of ether oxygens (including phenoxy) is 1. The predicted octanol–water partition coefficient (Wildman–Crippen LogP) is 4.44. The highest BCUT2D eigenvalue weighted by Gasteiger charge is 2.13. The third-order valence-corrected chi connectivity index (χ3v) is 4.02. The molecule has 0 aliphatic rings. The number of hydrogen-bond acceptors (Lipinski definition) is 3. The van der Waals surface area contributed by atoms with Gasteiger partial charge in [0.2, 0.25) is 0 Å². The van der Waals surface area contributed by atoms with E-state index >= 15 is 0 Å². The first-order valence-corrected chi connectivity index (χ1v) is 7.21. The first-order chi connectivity index (χ1) is 10.8. The SMILES string of the molecule is COc1ccc(-c2cccc3nc(Cl)c4[nH]cnc4c23)cc1. The minimum atomic E-state index is 0.437. The fraction of sp³-hybridized carbons (Fsp3) is 0.0588. The first-order valence-electron chi connectivity index (χ1n) is 6.83. The van der Waals surface area contributed by atoms with Crippen molar-refractivity contribution in [1.29, 1.82) is 0 Å². The first kappa shape index (κ1) is 13.1. The molecule has 0 spiro atoms. The van der Waals surface area contributed by atoms with E-state index in [1.165, 1.54) is 0 Å². The maximum absolute atomic E-state index is 6.22. The Hall–Kier alpha value is -2.59. The summed E-state index contributed by atoms with van der Waals surface area (Å²) in [5.74, 6) is 0.829. The van der Waals surface area contributed by atoms with Crippen molar-refractivity contribution in [3.63, 3.8) is 0 Å². The molecule has 0 bridgehead atoms. The van der Waals surface area contributed by atoms with Crippen LogP contribution < -0.4 is 4.74 Å². The molecule has 22 heavy (non-hydrogen) atoms. The lowest BCUT2D eigenvalue weighted by molar-refractivity contribution is 0.415. The molecule has 0 atom stereocenters. The zero-order valence-corrected chi connectivity index (χ0v) is 12.6. The van der Waals surface area contributed by atoms with Gasteiger partial charge in [-0.1, -0.05) is 35.9 Å². The van der Waals surface area contributed by atoms with Crippen molar-refractivity contribution in [1.82, 2.24) is 15.0 Å². The third-order valence-electron chi connectivity index (χ3n) is 3.74. The highest BCUT2D eigenvalue weighted by molar-refractivity contribution is 6.35. The molecule has 0 unspecified atom stereocenters. The van der Waals surface area contributed by atoms with Crippen LogP contribution >= 0.6 is 11.6 Å². The van der Waals surface area contributed by atoms with E-state index in [1.54, 1.807) is 13.4 Å². The number of nitrogens with zero attached hydrogens (tertiary/aromatic N) is 2. The maximum atomic E-state index is 6.22. The van der Waals surface area contributed by atoms with Crippen molar-refractivity contribution in [2.75, 3.05) is 7.11 Å². The van der Waals surface area contributed by atoms with E-state index in [9.17, 15) is 0 Å². The molecule has 5 heteroatoms. The maximum Gasteiger partial charge on any atom is 0.155 e. The topological polar surface area (TPSA) is 50.8 Å². The van der Waals surface area contributed by atoms with E-state index in [4.69, 9.17) is 16.3 Å². The Morgan fingerprint density at radius 3 is 2.68 bits per heavy atom. The number of halogens is 1. The van der Waals surface area contributed by atoms with Crippen molar-refractivity contribution in [2.45, 2.75) is 0 Å². The van der Waals surface area contributed by atoms with E-state index in [0.29, 0.717) is 5.15 Å². The Kier molecular flexibility index (Phi) is 2.98. The average molecular weight is 310 g/mol. The van der Waals surface area contributed by atoms with Gasteiger partial charge in [0.05, 0.1) is 19.0 Å². The van der Waals surface area contributed by atoms with Crippen LogP contribution in [0.4, 0.5) is 0 Å². The number of H-pyrrole nitrogens is 1. The molecule has 1 N–H and O–H groups in total. The van der Waals surface area contributed by atoms with Crippen LogP contribution in [0.2, 0.25) is 5.15 Å². The van der Waals surface area contributed by atoms with Crippen molar-refractivity contribution < 1.29 is 4.74 Å². The molecule has 0 amide bonds. The average Bonchev–Trinajstić information content (AvgIpc) is 3.05. The van der Waals surface area contributed by atoms with Gasteiger partial charge in [-0.2, -0.15) is 0 Å². The molecule has 4 aromatic rings. The van der Waals surface area contributed by atoms with Gasteiger partial charge >= 0.3 is 0 Å². The number of nitrogens with one attached hydrogen (secondary N) is 1. The molecule has 4 rings (SSSR count). The normalized spacial score (nSPS) is 11.2. The molecule has 2 aromatic carbocycles. The Morgan fingerprint density at radius 1 is 1.09 bits per heavy atom. The molecule has 4 nitrogen and oxygen atoms in total. The molecule has 0 saturated heterocycles. The van der Waals surface area contributed by atoms with Crippen LogP contribution in [0.1, 0.15) is 0 Å². The van der Waals surface area contributed by atoms with Gasteiger partial charge < -0.3 is 9.72 Å². The summed E-state index contributed by atoms with van der Waals surface area (Å²) in [6, 6.07) is 13.9. The van der Waals surface area contributed by atoms with Crippen LogP contribution in [0.15, 0.2) is 48.8 Å². The second-order valence-corrected chi connectivity index (χ2v) is 5.31. The van der Waals surface area contributed by atoms with E-state index in [-0.39, 0.29) is 0 Å². The van der Waals surface area contributed by atoms with Crippen molar-refractivity contribution in [3.05, 3.63) is 53.9 Å². The molecule has 0 radical (unpaired) electrons. The second kappa shape index (κ2) is 5.00. The summed E-state index contributed by atoms with van der Waals surface area (Å²) < 4.78 is 5.22. The van der Waals surface area contributed by atoms with Gasteiger partial charge in [0, 0.05) is 5.39 Å². The second-order valence-electron chi connectivity index (χ2n) is 4.96. The van der Waals surface area contributed by atoms with Gasteiger partial charge in [0.15, 0.2) is 5.15 Å². The largest absolute Gasteiger partial charge is 0.497 e. The van der Waals surface area contributed by atoms with Gasteiger partial charge in [-0.05, 0) is 29.3 Å². The smallest absolute Gasteiger partial charge is 0.155 e. The summed E-state index contributed by atoms with van der Waals surface area (Å²) in [6.07, 6.45) is 1.64. The predicted molar refractivity (Wildman–Crippen MR) is 88.4 cm³/mol. The van der Waals surface area contributed by atoms with Gasteiger partial charge in [-0.25, -0.2) is 9.97 Å². The highest BCUT2D eigenvalue weighted by atomic mass is 35.5. The standard InChI is InChI=1S/C17H12ClN3O/c1-22-11-7-5-10(6-8-11)12-3-2-4-13-14(12)15-16(17(18)21-13)20-9-19-15/h2-9H,1H3,(H,19,20). The molecule has 2 heterocycles. The van der Waals surface area contributed by atoms with Gasteiger partial charge in [-0.3, -0.25) is 0 Å². The molecule has 0 fully saturated rings. The van der Waals surface area contributed by atoms with Crippen molar-refractivity contribution in [2.24, 2.45) is 0 Å². The minimum absolute atomic E-state index is 0.437. The molecular formula is C17H12ClN3O. The summed E-state index contributed by atoms with van der Waals surface area (Å²) in [4.78, 5) is 11.9. The number of aromatic amines is 1. The van der Waals surface area contributed by atoms with Crippen LogP contribution in [0.25, 0.3) is 33.1 Å². The van der Waals surface area contributed by atoms with Crippen LogP contribution in [-0.4, -0.2) is 22.1 Å². The number of fused-ring (bicyclic) bond motifs is 3. The fourth-order valence-corrected chi connectivity index (χ4v) is 2.93. The van der Waals surface area contributed by atoms with Gasteiger partial charge in [-0.15, -0.1) is 0 Å². The van der Waals surface area contributed by atoms with E-state index in [2.05, 4.69) is 21.0 Å². The molecular weight excluding hydrogens is 298 g/mol. The minimum Gasteiger partial charge on any atom is -0.497 e. The lowest BCUT2D eigenvalue weighted by Crippen LogP contribution is -1.88. The van der Waals surface area contributed by atoms with Crippen LogP contribution in [0.3, 0.4) is 0 Å². The number of benzene rings is 2. The fourth-order valence-electron chi connectivity index (χ4n) is 2.70. The van der Waals surface area contributed by atoms with E-state index < -0.39 is 0 Å². The Labute approximate surface area is 131 Å². The number of hydrogen-bond donors (Lipinski definition) is 1. The summed E-state index contributed by atoms with van der Waals surface area (Å²) in [5.41, 5.74) is 4.58. The summed E-state index contributed by atoms with van der Waals surface area (Å²) in [7, 11) is 1.66. The quantitative estimate of drug-likeness (QED) is 0.557. The Bertz CT molecular complexity index is 976. The van der Waals surface area contributed by atoms with Gasteiger partial charge in [0.25, 0.3) is 0 Å². The van der Waals surface area contributed by atoms with Crippen LogP contribution in [0.5, 0.6) is 5.75 Å². The lowest BCUT2D eigenvalue weighted by Gasteiger charge is -2.08. The molecule has 0 saturated carbocycles. The number of aromatic nitrogens is 3. The number of rotatable bonds is 2. The number of methoxy groups -OCH3 is 1. The van der Waals surface area contributed by atoms with Crippen LogP contribution in [0, 0.1) is 0 Å².